The summed E-state index contributed by atoms with van der Waals surface area (Å²) in [5.74, 6) is 0.925. The number of benzene rings is 3. The minimum absolute atomic E-state index is 0.219. The Kier molecular flexibility index (Phi) is 5.90. The molecule has 2 atom stereocenters. The Labute approximate surface area is 184 Å². The summed E-state index contributed by atoms with van der Waals surface area (Å²) in [4.78, 5) is 2.67. The van der Waals surface area contributed by atoms with Crippen LogP contribution in [0.4, 0.5) is 0 Å². The molecule has 0 unspecified atom stereocenters. The van der Waals surface area contributed by atoms with E-state index in [1.807, 2.05) is 18.2 Å². The summed E-state index contributed by atoms with van der Waals surface area (Å²) in [6, 6.07) is 30.3. The van der Waals surface area contributed by atoms with Gasteiger partial charge in [-0.1, -0.05) is 84.4 Å². The number of fused-ring (bicyclic) bond motifs is 3. The summed E-state index contributed by atoms with van der Waals surface area (Å²) < 4.78 is 6.69. The average Bonchev–Trinajstić information content (AvgIpc) is 2.81. The van der Waals surface area contributed by atoms with Crippen molar-refractivity contribution in [1.82, 2.24) is 4.90 Å². The molecule has 154 valence electrons. The van der Waals surface area contributed by atoms with Gasteiger partial charge in [0, 0.05) is 17.0 Å². The molecule has 3 saturated heterocycles. The average molecular weight is 418 g/mol. The van der Waals surface area contributed by atoms with E-state index < -0.39 is 0 Å². The molecule has 2 bridgehead atoms. The van der Waals surface area contributed by atoms with Gasteiger partial charge in [0.15, 0.2) is 0 Å². The largest absolute Gasteiger partial charge is 0.372 e. The number of ether oxygens (including phenoxy) is 1. The molecular formula is C27H28ClNO. The molecule has 3 aliphatic rings. The van der Waals surface area contributed by atoms with Crippen molar-refractivity contribution in [2.45, 2.75) is 37.5 Å². The summed E-state index contributed by atoms with van der Waals surface area (Å²) in [6.45, 7) is 2.95. The topological polar surface area (TPSA) is 12.5 Å². The zero-order valence-electron chi connectivity index (χ0n) is 17.2. The van der Waals surface area contributed by atoms with Crippen LogP contribution in [0.15, 0.2) is 84.9 Å². The van der Waals surface area contributed by atoms with Gasteiger partial charge in [-0.15, -0.1) is 0 Å². The van der Waals surface area contributed by atoms with Crippen molar-refractivity contribution in [1.29, 1.82) is 0 Å². The fourth-order valence-electron chi connectivity index (χ4n) is 5.39. The van der Waals surface area contributed by atoms with Crippen molar-refractivity contribution in [3.05, 3.63) is 107 Å². The van der Waals surface area contributed by atoms with Crippen LogP contribution >= 0.6 is 11.6 Å². The van der Waals surface area contributed by atoms with Crippen LogP contribution in [0.5, 0.6) is 0 Å². The van der Waals surface area contributed by atoms with Gasteiger partial charge in [0.1, 0.15) is 0 Å². The molecular weight excluding hydrogens is 390 g/mol. The normalized spacial score (nSPS) is 25.5. The lowest BCUT2D eigenvalue weighted by Gasteiger charge is -2.53. The third-order valence-electron chi connectivity index (χ3n) is 6.79. The Morgan fingerprint density at radius 3 is 2.07 bits per heavy atom. The van der Waals surface area contributed by atoms with Crippen LogP contribution in [0.3, 0.4) is 0 Å². The first-order valence-electron chi connectivity index (χ1n) is 11.0. The number of hydrogen-bond acceptors (Lipinski definition) is 2. The molecule has 0 aromatic heterocycles. The molecule has 0 radical (unpaired) electrons. The van der Waals surface area contributed by atoms with Crippen molar-refractivity contribution >= 4 is 11.6 Å². The van der Waals surface area contributed by atoms with E-state index in [-0.39, 0.29) is 6.10 Å². The Bertz CT molecular complexity index is 913. The second-order valence-electron chi connectivity index (χ2n) is 8.57. The smallest absolute Gasteiger partial charge is 0.0773 e. The van der Waals surface area contributed by atoms with Gasteiger partial charge in [-0.3, -0.25) is 4.90 Å². The number of piperidine rings is 3. The van der Waals surface area contributed by atoms with Gasteiger partial charge in [-0.2, -0.15) is 0 Å². The number of halogens is 1. The minimum Gasteiger partial charge on any atom is -0.372 e. The molecule has 0 spiro atoms. The van der Waals surface area contributed by atoms with Crippen molar-refractivity contribution in [3.63, 3.8) is 0 Å². The molecule has 2 nitrogen and oxygen atoms in total. The predicted molar refractivity (Wildman–Crippen MR) is 123 cm³/mol. The molecule has 0 amide bonds. The maximum Gasteiger partial charge on any atom is 0.0773 e. The van der Waals surface area contributed by atoms with Gasteiger partial charge < -0.3 is 4.74 Å². The quantitative estimate of drug-likeness (QED) is 0.476. The van der Waals surface area contributed by atoms with E-state index >= 15 is 0 Å². The number of nitrogens with zero attached hydrogens (tertiary/aromatic N) is 1. The van der Waals surface area contributed by atoms with Gasteiger partial charge in [-0.25, -0.2) is 0 Å². The van der Waals surface area contributed by atoms with Crippen LogP contribution in [-0.4, -0.2) is 30.1 Å². The highest BCUT2D eigenvalue weighted by atomic mass is 35.5. The second kappa shape index (κ2) is 8.93. The fourth-order valence-corrected chi connectivity index (χ4v) is 5.61. The lowest BCUT2D eigenvalue weighted by Crippen LogP contribution is -2.60. The van der Waals surface area contributed by atoms with Crippen molar-refractivity contribution in [2.75, 3.05) is 13.1 Å². The lowest BCUT2D eigenvalue weighted by atomic mass is 9.72. The number of rotatable bonds is 6. The molecule has 3 fully saturated rings. The van der Waals surface area contributed by atoms with E-state index in [0.717, 1.165) is 10.6 Å². The van der Waals surface area contributed by atoms with Gasteiger partial charge >= 0.3 is 0 Å². The zero-order valence-corrected chi connectivity index (χ0v) is 17.9. The maximum atomic E-state index is 6.69. The highest BCUT2D eigenvalue weighted by Crippen LogP contribution is 2.43. The Morgan fingerprint density at radius 1 is 0.833 bits per heavy atom. The molecule has 3 heterocycles. The molecule has 30 heavy (non-hydrogen) atoms. The molecule has 6 rings (SSSR count). The first-order valence-corrected chi connectivity index (χ1v) is 11.4. The summed E-state index contributed by atoms with van der Waals surface area (Å²) in [5, 5.41) is 0.771. The molecule has 3 aliphatic heterocycles. The van der Waals surface area contributed by atoms with Crippen molar-refractivity contribution in [3.8, 4) is 0 Å². The summed E-state index contributed by atoms with van der Waals surface area (Å²) >= 11 is 6.20. The van der Waals surface area contributed by atoms with E-state index in [2.05, 4.69) is 71.6 Å². The molecule has 0 saturated carbocycles. The standard InChI is InChI=1S/C27H28ClNO/c28-24-13-7-8-20(18-24)19-30-27-23-14-16-29(17-15-23)26(27)25(21-9-3-1-4-10-21)22-11-5-2-6-12-22/h1-13,18,23,25-27H,14-17,19H2/t26-,27-/m1/s1. The SMILES string of the molecule is Clc1cccc(CO[C@@H]2C3CCN(CC3)[C@@H]2C(c2ccccc2)c2ccccc2)c1. The second-order valence-corrected chi connectivity index (χ2v) is 9.01. The molecule has 0 N–H and O–H groups in total. The van der Waals surface area contributed by atoms with Gasteiger partial charge in [-0.05, 0) is 60.7 Å². The van der Waals surface area contributed by atoms with Crippen LogP contribution in [-0.2, 0) is 11.3 Å². The van der Waals surface area contributed by atoms with E-state index in [1.54, 1.807) is 0 Å². The maximum absolute atomic E-state index is 6.69. The lowest BCUT2D eigenvalue weighted by molar-refractivity contribution is -0.120. The Balaban J connectivity index is 1.49. The zero-order chi connectivity index (χ0) is 20.3. The summed E-state index contributed by atoms with van der Waals surface area (Å²) in [7, 11) is 0. The number of hydrogen-bond donors (Lipinski definition) is 0. The third kappa shape index (κ3) is 4.05. The van der Waals surface area contributed by atoms with Gasteiger partial charge in [0.25, 0.3) is 0 Å². The van der Waals surface area contributed by atoms with Crippen LogP contribution in [0.1, 0.15) is 35.4 Å². The van der Waals surface area contributed by atoms with Crippen LogP contribution in [0.25, 0.3) is 0 Å². The van der Waals surface area contributed by atoms with E-state index in [4.69, 9.17) is 16.3 Å². The molecule has 3 aromatic carbocycles. The Hall–Kier alpha value is -2.13. The van der Waals surface area contributed by atoms with E-state index in [1.165, 1.54) is 37.1 Å². The monoisotopic (exact) mass is 417 g/mol. The van der Waals surface area contributed by atoms with E-state index in [0.29, 0.717) is 24.5 Å². The minimum atomic E-state index is 0.219. The molecule has 3 heteroatoms. The van der Waals surface area contributed by atoms with Crippen molar-refractivity contribution in [2.24, 2.45) is 5.92 Å². The van der Waals surface area contributed by atoms with Gasteiger partial charge in [0.2, 0.25) is 0 Å². The van der Waals surface area contributed by atoms with Gasteiger partial charge in [0.05, 0.1) is 12.7 Å². The Morgan fingerprint density at radius 2 is 1.47 bits per heavy atom. The van der Waals surface area contributed by atoms with Crippen molar-refractivity contribution < 1.29 is 4.74 Å². The fraction of sp³-hybridized carbons (Fsp3) is 0.333. The third-order valence-corrected chi connectivity index (χ3v) is 7.02. The summed E-state index contributed by atoms with van der Waals surface area (Å²) in [5.41, 5.74) is 3.89. The van der Waals surface area contributed by atoms with Crippen LogP contribution < -0.4 is 0 Å². The highest BCUT2D eigenvalue weighted by molar-refractivity contribution is 6.30. The first kappa shape index (κ1) is 19.8. The summed E-state index contributed by atoms with van der Waals surface area (Å²) in [6.07, 6.45) is 2.68. The molecule has 0 aliphatic carbocycles. The van der Waals surface area contributed by atoms with Crippen LogP contribution in [0.2, 0.25) is 5.02 Å². The molecule has 3 aromatic rings. The first-order chi connectivity index (χ1) is 14.8. The predicted octanol–water partition coefficient (Wildman–Crippen LogP) is 6.15. The van der Waals surface area contributed by atoms with Crippen LogP contribution in [0, 0.1) is 5.92 Å². The highest BCUT2D eigenvalue weighted by Gasteiger charge is 2.47. The van der Waals surface area contributed by atoms with E-state index in [9.17, 15) is 0 Å².